The van der Waals surface area contributed by atoms with Gasteiger partial charge in [0.1, 0.15) is 5.82 Å². The van der Waals surface area contributed by atoms with Gasteiger partial charge in [-0.05, 0) is 23.5 Å². The molecule has 2 nitrogen and oxygen atoms in total. The van der Waals surface area contributed by atoms with E-state index in [0.717, 1.165) is 37.3 Å². The summed E-state index contributed by atoms with van der Waals surface area (Å²) in [6.45, 7) is 11.3. The molecule has 1 aliphatic rings. The van der Waals surface area contributed by atoms with E-state index in [1.165, 1.54) is 0 Å². The maximum atomic E-state index is 14.2. The zero-order valence-corrected chi connectivity index (χ0v) is 12.5. The molecule has 19 heavy (non-hydrogen) atoms. The topological polar surface area (TPSA) is 15.3 Å². The molecular weight excluding hydrogens is 239 g/mol. The Hall–Kier alpha value is -1.09. The van der Waals surface area contributed by atoms with E-state index in [9.17, 15) is 4.39 Å². The molecule has 1 fully saturated rings. The molecule has 0 saturated carbocycles. The van der Waals surface area contributed by atoms with Gasteiger partial charge in [-0.2, -0.15) is 0 Å². The summed E-state index contributed by atoms with van der Waals surface area (Å²) in [7, 11) is 0. The Morgan fingerprint density at radius 3 is 2.68 bits per heavy atom. The highest BCUT2D eigenvalue weighted by molar-refractivity contribution is 5.56. The van der Waals surface area contributed by atoms with Gasteiger partial charge in [-0.15, -0.1) is 0 Å². The molecule has 1 aromatic carbocycles. The zero-order valence-electron chi connectivity index (χ0n) is 12.5. The Bertz CT molecular complexity index is 440. The van der Waals surface area contributed by atoms with Gasteiger partial charge in [-0.1, -0.05) is 39.8 Å². The third kappa shape index (κ3) is 3.47. The van der Waals surface area contributed by atoms with Crippen LogP contribution in [0.1, 0.15) is 39.7 Å². The average Bonchev–Trinajstić information content (AvgIpc) is 2.66. The van der Waals surface area contributed by atoms with E-state index in [1.54, 1.807) is 12.1 Å². The fourth-order valence-corrected chi connectivity index (χ4v) is 2.67. The van der Waals surface area contributed by atoms with Crippen LogP contribution in [0.15, 0.2) is 18.2 Å². The second-order valence-electron chi connectivity index (χ2n) is 6.62. The van der Waals surface area contributed by atoms with Crippen LogP contribution in [0.25, 0.3) is 0 Å². The molecule has 1 aliphatic heterocycles. The lowest BCUT2D eigenvalue weighted by Gasteiger charge is -2.25. The van der Waals surface area contributed by atoms with Gasteiger partial charge in [-0.3, -0.25) is 0 Å². The molecule has 0 atom stereocenters. The van der Waals surface area contributed by atoms with Crippen LogP contribution in [0.4, 0.5) is 10.1 Å². The molecule has 106 valence electrons. The highest BCUT2D eigenvalue weighted by Crippen LogP contribution is 2.35. The summed E-state index contributed by atoms with van der Waals surface area (Å²) in [6, 6.07) is 5.81. The molecule has 0 radical (unpaired) electrons. The highest BCUT2D eigenvalue weighted by atomic mass is 19.1. The van der Waals surface area contributed by atoms with Crippen LogP contribution >= 0.6 is 0 Å². The molecule has 0 amide bonds. The Morgan fingerprint density at radius 1 is 1.37 bits per heavy atom. The van der Waals surface area contributed by atoms with E-state index >= 15 is 0 Å². The van der Waals surface area contributed by atoms with Crippen molar-refractivity contribution in [1.29, 1.82) is 0 Å². The van der Waals surface area contributed by atoms with E-state index in [0.29, 0.717) is 6.04 Å². The third-order valence-corrected chi connectivity index (χ3v) is 3.76. The van der Waals surface area contributed by atoms with Crippen LogP contribution in [0.2, 0.25) is 0 Å². The smallest absolute Gasteiger partial charge is 0.146 e. The lowest BCUT2D eigenvalue weighted by Crippen LogP contribution is -2.27. The fraction of sp³-hybridized carbons (Fsp3) is 0.625. The van der Waals surface area contributed by atoms with Crippen molar-refractivity contribution in [3.05, 3.63) is 29.6 Å². The SMILES string of the molecule is CC(C)NCc1cccc(F)c1N1CCC(C)(C)C1. The Kier molecular flexibility index (Phi) is 4.14. The van der Waals surface area contributed by atoms with E-state index in [2.05, 4.69) is 37.9 Å². The Labute approximate surface area is 116 Å². The van der Waals surface area contributed by atoms with E-state index in [4.69, 9.17) is 0 Å². The molecule has 0 bridgehead atoms. The molecule has 1 saturated heterocycles. The number of para-hydroxylation sites is 1. The predicted molar refractivity (Wildman–Crippen MR) is 79.0 cm³/mol. The Morgan fingerprint density at radius 2 is 2.11 bits per heavy atom. The molecule has 0 aromatic heterocycles. The molecule has 1 heterocycles. The van der Waals surface area contributed by atoms with E-state index in [-0.39, 0.29) is 11.2 Å². The van der Waals surface area contributed by atoms with E-state index < -0.39 is 0 Å². The fourth-order valence-electron chi connectivity index (χ4n) is 2.67. The van der Waals surface area contributed by atoms with Gasteiger partial charge >= 0.3 is 0 Å². The zero-order chi connectivity index (χ0) is 14.0. The van der Waals surface area contributed by atoms with Gasteiger partial charge in [0.15, 0.2) is 0 Å². The standard InChI is InChI=1S/C16H25FN2/c1-12(2)18-10-13-6-5-7-14(17)15(13)19-9-8-16(3,4)11-19/h5-7,12,18H,8-11H2,1-4H3. The van der Waals surface area contributed by atoms with Gasteiger partial charge in [0.25, 0.3) is 0 Å². The van der Waals surface area contributed by atoms with Crippen LogP contribution in [0, 0.1) is 11.2 Å². The molecule has 1 aromatic rings. The van der Waals surface area contributed by atoms with Crippen LogP contribution < -0.4 is 10.2 Å². The van der Waals surface area contributed by atoms with Crippen molar-refractivity contribution in [2.75, 3.05) is 18.0 Å². The number of anilines is 1. The molecule has 3 heteroatoms. The van der Waals surface area contributed by atoms with Crippen molar-refractivity contribution >= 4 is 5.69 Å². The van der Waals surface area contributed by atoms with Crippen LogP contribution in [-0.2, 0) is 6.54 Å². The number of nitrogens with zero attached hydrogens (tertiary/aromatic N) is 1. The summed E-state index contributed by atoms with van der Waals surface area (Å²) in [6.07, 6.45) is 1.12. The van der Waals surface area contributed by atoms with Crippen LogP contribution in [0.3, 0.4) is 0 Å². The summed E-state index contributed by atoms with van der Waals surface area (Å²) in [4.78, 5) is 2.20. The molecule has 0 aliphatic carbocycles. The quantitative estimate of drug-likeness (QED) is 0.894. The maximum Gasteiger partial charge on any atom is 0.146 e. The van der Waals surface area contributed by atoms with Crippen molar-refractivity contribution in [2.45, 2.75) is 46.7 Å². The summed E-state index contributed by atoms with van der Waals surface area (Å²) in [5.74, 6) is -0.0965. The second kappa shape index (κ2) is 5.49. The number of hydrogen-bond donors (Lipinski definition) is 1. The second-order valence-corrected chi connectivity index (χ2v) is 6.62. The van der Waals surface area contributed by atoms with Gasteiger partial charge in [0.05, 0.1) is 5.69 Å². The van der Waals surface area contributed by atoms with Crippen LogP contribution in [0.5, 0.6) is 0 Å². The summed E-state index contributed by atoms with van der Waals surface area (Å²) in [5.41, 5.74) is 2.14. The molecular formula is C16H25FN2. The van der Waals surface area contributed by atoms with Gasteiger partial charge in [0, 0.05) is 25.7 Å². The lowest BCUT2D eigenvalue weighted by molar-refractivity contribution is 0.418. The first kappa shape index (κ1) is 14.3. The minimum atomic E-state index is -0.0965. The lowest BCUT2D eigenvalue weighted by atomic mass is 9.93. The van der Waals surface area contributed by atoms with Crippen molar-refractivity contribution in [3.63, 3.8) is 0 Å². The largest absolute Gasteiger partial charge is 0.368 e. The molecule has 2 rings (SSSR count). The predicted octanol–water partition coefficient (Wildman–Crippen LogP) is 3.56. The molecule has 1 N–H and O–H groups in total. The number of hydrogen-bond acceptors (Lipinski definition) is 2. The van der Waals surface area contributed by atoms with Crippen molar-refractivity contribution in [3.8, 4) is 0 Å². The van der Waals surface area contributed by atoms with Gasteiger partial charge in [-0.25, -0.2) is 4.39 Å². The summed E-state index contributed by atoms with van der Waals surface area (Å²) < 4.78 is 14.2. The van der Waals surface area contributed by atoms with Crippen molar-refractivity contribution < 1.29 is 4.39 Å². The summed E-state index contributed by atoms with van der Waals surface area (Å²) in [5, 5.41) is 3.38. The van der Waals surface area contributed by atoms with E-state index in [1.807, 2.05) is 6.07 Å². The first-order valence-corrected chi connectivity index (χ1v) is 7.15. The number of benzene rings is 1. The number of rotatable bonds is 4. The van der Waals surface area contributed by atoms with Gasteiger partial charge in [0.2, 0.25) is 0 Å². The highest BCUT2D eigenvalue weighted by Gasteiger charge is 2.31. The maximum absolute atomic E-state index is 14.2. The first-order chi connectivity index (χ1) is 8.89. The molecule has 0 unspecified atom stereocenters. The molecule has 0 spiro atoms. The third-order valence-electron chi connectivity index (χ3n) is 3.76. The normalized spacial score (nSPS) is 18.3. The number of halogens is 1. The monoisotopic (exact) mass is 264 g/mol. The van der Waals surface area contributed by atoms with Crippen molar-refractivity contribution in [1.82, 2.24) is 5.32 Å². The summed E-state index contributed by atoms with van der Waals surface area (Å²) >= 11 is 0. The Balaban J connectivity index is 2.23. The first-order valence-electron chi connectivity index (χ1n) is 7.15. The minimum Gasteiger partial charge on any atom is -0.368 e. The van der Waals surface area contributed by atoms with Crippen molar-refractivity contribution in [2.24, 2.45) is 5.41 Å². The minimum absolute atomic E-state index is 0.0965. The number of nitrogens with one attached hydrogen (secondary N) is 1. The van der Waals surface area contributed by atoms with Gasteiger partial charge < -0.3 is 10.2 Å². The average molecular weight is 264 g/mol. The van der Waals surface area contributed by atoms with Crippen LogP contribution in [-0.4, -0.2) is 19.1 Å².